The first-order chi connectivity index (χ1) is 10.2. The van der Waals surface area contributed by atoms with E-state index in [1.54, 1.807) is 0 Å². The zero-order valence-corrected chi connectivity index (χ0v) is 11.7. The van der Waals surface area contributed by atoms with Gasteiger partial charge in [-0.2, -0.15) is 10.2 Å². The molecule has 0 unspecified atom stereocenters. The minimum atomic E-state index is 0.738. The number of azo groups is 1. The fraction of sp³-hybridized carbons (Fsp3) is 0.0556. The number of nitrogens with zero attached hydrogens (tertiary/aromatic N) is 2. The lowest BCUT2D eigenvalue weighted by molar-refractivity contribution is 1.21. The Hall–Kier alpha value is -2.90. The molecule has 2 N–H and O–H groups in total. The van der Waals surface area contributed by atoms with E-state index in [4.69, 9.17) is 5.73 Å². The third-order valence-corrected chi connectivity index (χ3v) is 3.27. The standard InChI is InChI=1S/C18H15N3/c1-13-12-16(19)8-11-18(13)21-20-17-9-6-15(7-10-17)14-4-2-3-5-14/h2-4,6-12H,19H2,1H3. The maximum atomic E-state index is 5.72. The van der Waals surface area contributed by atoms with Crippen LogP contribution in [-0.4, -0.2) is 0 Å². The maximum absolute atomic E-state index is 5.72. The normalized spacial score (nSPS) is 13.1. The molecule has 3 heteroatoms. The van der Waals surface area contributed by atoms with Crippen LogP contribution >= 0.6 is 0 Å². The van der Waals surface area contributed by atoms with E-state index in [0.717, 1.165) is 33.8 Å². The highest BCUT2D eigenvalue weighted by molar-refractivity contribution is 5.76. The van der Waals surface area contributed by atoms with Gasteiger partial charge in [0, 0.05) is 11.3 Å². The summed E-state index contributed by atoms with van der Waals surface area (Å²) in [6, 6.07) is 13.5. The molecule has 2 aromatic rings. The monoisotopic (exact) mass is 273 g/mol. The van der Waals surface area contributed by atoms with Gasteiger partial charge in [0.15, 0.2) is 0 Å². The van der Waals surface area contributed by atoms with Gasteiger partial charge in [-0.3, -0.25) is 0 Å². The van der Waals surface area contributed by atoms with E-state index in [1.807, 2.05) is 67.6 Å². The van der Waals surface area contributed by atoms with Crippen molar-refractivity contribution in [3.63, 3.8) is 0 Å². The molecule has 0 bridgehead atoms. The second-order valence-electron chi connectivity index (χ2n) is 4.88. The van der Waals surface area contributed by atoms with Crippen molar-refractivity contribution in [2.24, 2.45) is 10.2 Å². The first kappa shape index (κ1) is 13.1. The number of benzene rings is 2. The Kier molecular flexibility index (Phi) is 3.50. The molecule has 102 valence electrons. The van der Waals surface area contributed by atoms with E-state index in [1.165, 1.54) is 0 Å². The molecule has 0 aromatic heterocycles. The fourth-order valence-corrected chi connectivity index (χ4v) is 2.12. The first-order valence-electron chi connectivity index (χ1n) is 6.74. The summed E-state index contributed by atoms with van der Waals surface area (Å²) < 4.78 is 0. The summed E-state index contributed by atoms with van der Waals surface area (Å²) in [6.45, 7) is 1.97. The molecule has 0 fully saturated rings. The molecular formula is C18H15N3. The van der Waals surface area contributed by atoms with Crippen LogP contribution < -0.4 is 5.73 Å². The maximum Gasteiger partial charge on any atom is 0.0887 e. The van der Waals surface area contributed by atoms with Crippen molar-refractivity contribution in [2.75, 3.05) is 5.73 Å². The topological polar surface area (TPSA) is 50.7 Å². The number of rotatable bonds is 3. The predicted molar refractivity (Wildman–Crippen MR) is 86.8 cm³/mol. The van der Waals surface area contributed by atoms with Crippen LogP contribution in [0, 0.1) is 6.92 Å². The van der Waals surface area contributed by atoms with E-state index in [9.17, 15) is 0 Å². The lowest BCUT2D eigenvalue weighted by atomic mass is 10.1. The summed E-state index contributed by atoms with van der Waals surface area (Å²) in [6.07, 6.45) is 5.92. The SMILES string of the molecule is Cc1cc(N)ccc1N=Nc1ccc(C2=C=CC=C2)cc1. The van der Waals surface area contributed by atoms with Crippen molar-refractivity contribution in [1.29, 1.82) is 0 Å². The second kappa shape index (κ2) is 5.61. The van der Waals surface area contributed by atoms with Gasteiger partial charge in [-0.1, -0.05) is 18.2 Å². The van der Waals surface area contributed by atoms with Gasteiger partial charge >= 0.3 is 0 Å². The molecule has 0 radical (unpaired) electrons. The molecule has 3 rings (SSSR count). The van der Waals surface area contributed by atoms with Crippen LogP contribution in [0.2, 0.25) is 0 Å². The van der Waals surface area contributed by atoms with Crippen molar-refractivity contribution in [3.05, 3.63) is 77.6 Å². The molecule has 1 aliphatic carbocycles. The second-order valence-corrected chi connectivity index (χ2v) is 4.88. The highest BCUT2D eigenvalue weighted by atomic mass is 15.1. The average molecular weight is 273 g/mol. The van der Waals surface area contributed by atoms with Crippen molar-refractivity contribution in [3.8, 4) is 0 Å². The van der Waals surface area contributed by atoms with Crippen LogP contribution in [0.4, 0.5) is 17.1 Å². The minimum Gasteiger partial charge on any atom is -0.399 e. The van der Waals surface area contributed by atoms with E-state index < -0.39 is 0 Å². The van der Waals surface area contributed by atoms with E-state index in [-0.39, 0.29) is 0 Å². The first-order valence-corrected chi connectivity index (χ1v) is 6.74. The van der Waals surface area contributed by atoms with E-state index >= 15 is 0 Å². The highest BCUT2D eigenvalue weighted by Crippen LogP contribution is 2.25. The Labute approximate surface area is 123 Å². The molecule has 0 atom stereocenters. The zero-order chi connectivity index (χ0) is 14.7. The summed E-state index contributed by atoms with van der Waals surface area (Å²) in [4.78, 5) is 0. The molecule has 3 nitrogen and oxygen atoms in total. The minimum absolute atomic E-state index is 0.738. The van der Waals surface area contributed by atoms with Crippen LogP contribution in [0.15, 0.2) is 76.7 Å². The largest absolute Gasteiger partial charge is 0.399 e. The Morgan fingerprint density at radius 1 is 1.00 bits per heavy atom. The van der Waals surface area contributed by atoms with Crippen LogP contribution in [0.5, 0.6) is 0 Å². The van der Waals surface area contributed by atoms with Gasteiger partial charge in [-0.25, -0.2) is 0 Å². The summed E-state index contributed by atoms with van der Waals surface area (Å²) in [5.74, 6) is 0. The molecule has 0 spiro atoms. The fourth-order valence-electron chi connectivity index (χ4n) is 2.12. The van der Waals surface area contributed by atoms with Gasteiger partial charge in [0.25, 0.3) is 0 Å². The quantitative estimate of drug-likeness (QED) is 0.472. The summed E-state index contributed by atoms with van der Waals surface area (Å²) >= 11 is 0. The summed E-state index contributed by atoms with van der Waals surface area (Å²) in [5.41, 5.74) is 14.5. The number of allylic oxidation sites excluding steroid dienone is 3. The number of nitrogen functional groups attached to an aromatic ring is 1. The van der Waals surface area contributed by atoms with Gasteiger partial charge in [0.2, 0.25) is 0 Å². The average Bonchev–Trinajstić information content (AvgIpc) is 3.01. The third-order valence-electron chi connectivity index (χ3n) is 3.27. The zero-order valence-electron chi connectivity index (χ0n) is 11.7. The lowest BCUT2D eigenvalue weighted by Gasteiger charge is -2.01. The lowest BCUT2D eigenvalue weighted by Crippen LogP contribution is -1.84. The highest BCUT2D eigenvalue weighted by Gasteiger charge is 2.00. The molecule has 0 aliphatic heterocycles. The van der Waals surface area contributed by atoms with Crippen LogP contribution in [0.1, 0.15) is 11.1 Å². The molecule has 1 aliphatic rings. The number of aryl methyl sites for hydroxylation is 1. The Morgan fingerprint density at radius 2 is 1.81 bits per heavy atom. The van der Waals surface area contributed by atoms with Gasteiger partial charge in [0.05, 0.1) is 11.4 Å². The molecule has 21 heavy (non-hydrogen) atoms. The van der Waals surface area contributed by atoms with E-state index in [2.05, 4.69) is 16.0 Å². The number of nitrogens with two attached hydrogens (primary N) is 1. The van der Waals surface area contributed by atoms with Crippen molar-refractivity contribution < 1.29 is 0 Å². The Morgan fingerprint density at radius 3 is 2.48 bits per heavy atom. The molecule has 2 aromatic carbocycles. The number of hydrogen-bond donors (Lipinski definition) is 1. The van der Waals surface area contributed by atoms with Gasteiger partial charge in [0.1, 0.15) is 0 Å². The van der Waals surface area contributed by atoms with Crippen LogP contribution in [0.3, 0.4) is 0 Å². The number of anilines is 1. The van der Waals surface area contributed by atoms with E-state index in [0.29, 0.717) is 0 Å². The van der Waals surface area contributed by atoms with Gasteiger partial charge in [-0.15, -0.1) is 5.73 Å². The molecule has 0 saturated carbocycles. The summed E-state index contributed by atoms with van der Waals surface area (Å²) in [5, 5.41) is 8.53. The third kappa shape index (κ3) is 2.99. The van der Waals surface area contributed by atoms with Gasteiger partial charge in [-0.05, 0) is 60.5 Å². The smallest absolute Gasteiger partial charge is 0.0887 e. The van der Waals surface area contributed by atoms with Crippen molar-refractivity contribution in [2.45, 2.75) is 6.92 Å². The van der Waals surface area contributed by atoms with Gasteiger partial charge < -0.3 is 5.73 Å². The van der Waals surface area contributed by atoms with Crippen molar-refractivity contribution >= 4 is 22.6 Å². The summed E-state index contributed by atoms with van der Waals surface area (Å²) in [7, 11) is 0. The molecule has 0 amide bonds. The van der Waals surface area contributed by atoms with Crippen LogP contribution in [0.25, 0.3) is 5.57 Å². The van der Waals surface area contributed by atoms with Crippen LogP contribution in [-0.2, 0) is 0 Å². The van der Waals surface area contributed by atoms with Crippen molar-refractivity contribution in [1.82, 2.24) is 0 Å². The molecular weight excluding hydrogens is 258 g/mol. The Bertz CT molecular complexity index is 790. The molecule has 0 saturated heterocycles. The Balaban J connectivity index is 1.80. The number of hydrogen-bond acceptors (Lipinski definition) is 3. The molecule has 0 heterocycles. The predicted octanol–water partition coefficient (Wildman–Crippen LogP) is 5.10.